The third-order valence-electron chi connectivity index (χ3n) is 4.72. The van der Waals surface area contributed by atoms with Gasteiger partial charge in [0.05, 0.1) is 16.4 Å². The molecule has 1 aromatic carbocycles. The van der Waals surface area contributed by atoms with Crippen LogP contribution < -0.4 is 0 Å². The highest BCUT2D eigenvalue weighted by atomic mass is 32.2. The number of carbonyl (C=O) groups is 2. The fourth-order valence-electron chi connectivity index (χ4n) is 3.11. The zero-order valence-electron chi connectivity index (χ0n) is 15.1. The molecule has 1 aromatic rings. The van der Waals surface area contributed by atoms with E-state index in [1.54, 1.807) is 25.3 Å². The van der Waals surface area contributed by atoms with Gasteiger partial charge in [-0.1, -0.05) is 36.1 Å². The summed E-state index contributed by atoms with van der Waals surface area (Å²) in [6.07, 6.45) is 2.05. The number of thiocarbonyl (C=S) groups is 1. The summed E-state index contributed by atoms with van der Waals surface area (Å²) < 4.78 is 36.8. The highest BCUT2D eigenvalue weighted by Gasteiger charge is 2.35. The van der Waals surface area contributed by atoms with E-state index in [0.29, 0.717) is 21.2 Å². The Morgan fingerprint density at radius 2 is 2.21 bits per heavy atom. The monoisotopic (exact) mass is 442 g/mol. The Bertz CT molecular complexity index is 961. The number of nitrogens with zero attached hydrogens (tertiary/aromatic N) is 2. The molecule has 6 nitrogen and oxygen atoms in total. The van der Waals surface area contributed by atoms with E-state index in [1.165, 1.54) is 21.9 Å². The Hall–Kier alpha value is -1.78. The Morgan fingerprint density at radius 3 is 2.86 bits per heavy atom. The van der Waals surface area contributed by atoms with Gasteiger partial charge in [-0.3, -0.25) is 14.5 Å². The zero-order valence-corrected chi connectivity index (χ0v) is 17.6. The number of hydrogen-bond acceptors (Lipinski definition) is 6. The number of carbonyl (C=O) groups excluding carboxylic acids is 2. The SMILES string of the molecule is CN(C(=O)CCN1C(=O)/C(=C\c2cccc(F)c2)SC1=S)[C@@H]1CCS(=O)(=O)C1. The van der Waals surface area contributed by atoms with Crippen LogP contribution in [0.15, 0.2) is 29.2 Å². The molecule has 2 aliphatic heterocycles. The number of halogens is 1. The molecule has 0 spiro atoms. The molecule has 1 atom stereocenters. The van der Waals surface area contributed by atoms with E-state index in [9.17, 15) is 22.4 Å². The van der Waals surface area contributed by atoms with Crippen molar-refractivity contribution in [1.29, 1.82) is 0 Å². The van der Waals surface area contributed by atoms with Gasteiger partial charge in [-0.25, -0.2) is 12.8 Å². The molecule has 0 radical (unpaired) electrons. The molecule has 10 heteroatoms. The van der Waals surface area contributed by atoms with E-state index >= 15 is 0 Å². The van der Waals surface area contributed by atoms with Gasteiger partial charge in [0, 0.05) is 26.1 Å². The number of amides is 2. The largest absolute Gasteiger partial charge is 0.342 e. The van der Waals surface area contributed by atoms with Gasteiger partial charge in [-0.2, -0.15) is 0 Å². The second-order valence-corrected chi connectivity index (χ2v) is 10.6. The Labute approximate surface area is 172 Å². The average Bonchev–Trinajstić information content (AvgIpc) is 3.11. The molecule has 0 unspecified atom stereocenters. The highest BCUT2D eigenvalue weighted by molar-refractivity contribution is 8.26. The van der Waals surface area contributed by atoms with Gasteiger partial charge in [0.15, 0.2) is 9.84 Å². The highest BCUT2D eigenvalue weighted by Crippen LogP contribution is 2.32. The summed E-state index contributed by atoms with van der Waals surface area (Å²) in [7, 11) is -1.49. The van der Waals surface area contributed by atoms with Crippen molar-refractivity contribution in [2.75, 3.05) is 25.1 Å². The second kappa shape index (κ2) is 8.30. The van der Waals surface area contributed by atoms with E-state index < -0.39 is 15.7 Å². The van der Waals surface area contributed by atoms with Crippen molar-refractivity contribution < 1.29 is 22.4 Å². The maximum absolute atomic E-state index is 13.3. The molecule has 0 saturated carbocycles. The maximum Gasteiger partial charge on any atom is 0.266 e. The average molecular weight is 443 g/mol. The smallest absolute Gasteiger partial charge is 0.266 e. The minimum absolute atomic E-state index is 0.0212. The summed E-state index contributed by atoms with van der Waals surface area (Å²) in [5, 5.41) is 0. The van der Waals surface area contributed by atoms with E-state index in [1.807, 2.05) is 0 Å². The molecule has 2 fully saturated rings. The topological polar surface area (TPSA) is 74.8 Å². The van der Waals surface area contributed by atoms with Crippen molar-refractivity contribution in [3.05, 3.63) is 40.6 Å². The lowest BCUT2D eigenvalue weighted by Gasteiger charge is -2.24. The van der Waals surface area contributed by atoms with Crippen LogP contribution in [0.1, 0.15) is 18.4 Å². The molecule has 28 heavy (non-hydrogen) atoms. The first kappa shape index (κ1) is 20.9. The first-order valence-corrected chi connectivity index (χ1v) is 11.7. The van der Waals surface area contributed by atoms with Crippen LogP contribution in [0.5, 0.6) is 0 Å². The van der Waals surface area contributed by atoms with Crippen LogP contribution in [0.4, 0.5) is 4.39 Å². The van der Waals surface area contributed by atoms with Gasteiger partial charge in [0.1, 0.15) is 10.1 Å². The summed E-state index contributed by atoms with van der Waals surface area (Å²) >= 11 is 6.35. The predicted octanol–water partition coefficient (Wildman–Crippen LogP) is 2.06. The zero-order chi connectivity index (χ0) is 20.5. The normalized spacial score (nSPS) is 22.9. The summed E-state index contributed by atoms with van der Waals surface area (Å²) in [6, 6.07) is 5.56. The van der Waals surface area contributed by atoms with Crippen LogP contribution in [0, 0.1) is 5.82 Å². The number of hydrogen-bond donors (Lipinski definition) is 0. The summed E-state index contributed by atoms with van der Waals surface area (Å²) in [6.45, 7) is 0.119. The van der Waals surface area contributed by atoms with Crippen LogP contribution >= 0.6 is 24.0 Å². The molecule has 0 aliphatic carbocycles. The molecule has 0 aromatic heterocycles. The maximum atomic E-state index is 13.3. The standard InChI is InChI=1S/C18H19FN2O4S3/c1-20(14-6-8-28(24,25)11-14)16(22)5-7-21-17(23)15(27-18(21)26)10-12-3-2-4-13(19)9-12/h2-4,9-10,14H,5-8,11H2,1H3/b15-10+/t14-/m1/s1. The Morgan fingerprint density at radius 1 is 1.46 bits per heavy atom. The number of thioether (sulfide) groups is 1. The van der Waals surface area contributed by atoms with Gasteiger partial charge >= 0.3 is 0 Å². The van der Waals surface area contributed by atoms with E-state index in [-0.39, 0.29) is 42.3 Å². The van der Waals surface area contributed by atoms with Crippen molar-refractivity contribution in [2.45, 2.75) is 18.9 Å². The first-order valence-electron chi connectivity index (χ1n) is 8.63. The fourth-order valence-corrected chi connectivity index (χ4v) is 6.19. The molecule has 0 bridgehead atoms. The van der Waals surface area contributed by atoms with Gasteiger partial charge in [0.25, 0.3) is 5.91 Å². The molecule has 2 amide bonds. The van der Waals surface area contributed by atoms with Crippen molar-refractivity contribution >= 4 is 56.0 Å². The molecule has 150 valence electrons. The first-order chi connectivity index (χ1) is 13.2. The van der Waals surface area contributed by atoms with Crippen LogP contribution in [0.25, 0.3) is 6.08 Å². The summed E-state index contributed by atoms with van der Waals surface area (Å²) in [5.41, 5.74) is 0.554. The minimum Gasteiger partial charge on any atom is -0.342 e. The Balaban J connectivity index is 1.61. The van der Waals surface area contributed by atoms with Crippen LogP contribution in [-0.2, 0) is 19.4 Å². The second-order valence-electron chi connectivity index (χ2n) is 6.70. The van der Waals surface area contributed by atoms with E-state index in [4.69, 9.17) is 12.2 Å². The lowest BCUT2D eigenvalue weighted by atomic mass is 10.2. The molecule has 2 aliphatic rings. The quantitative estimate of drug-likeness (QED) is 0.513. The molecule has 2 saturated heterocycles. The van der Waals surface area contributed by atoms with Crippen LogP contribution in [0.2, 0.25) is 0 Å². The molecular weight excluding hydrogens is 423 g/mol. The van der Waals surface area contributed by atoms with Gasteiger partial charge in [-0.05, 0) is 30.2 Å². The van der Waals surface area contributed by atoms with Crippen molar-refractivity contribution in [3.8, 4) is 0 Å². The third kappa shape index (κ3) is 4.79. The number of rotatable bonds is 5. The molecular formula is C18H19FN2O4S3. The van der Waals surface area contributed by atoms with Crippen molar-refractivity contribution in [2.24, 2.45) is 0 Å². The van der Waals surface area contributed by atoms with Crippen LogP contribution in [-0.4, -0.2) is 65.5 Å². The predicted molar refractivity (Wildman–Crippen MR) is 111 cm³/mol. The third-order valence-corrected chi connectivity index (χ3v) is 7.85. The minimum atomic E-state index is -3.08. The van der Waals surface area contributed by atoms with Crippen molar-refractivity contribution in [1.82, 2.24) is 9.80 Å². The van der Waals surface area contributed by atoms with E-state index in [2.05, 4.69) is 0 Å². The Kier molecular flexibility index (Phi) is 6.21. The van der Waals surface area contributed by atoms with Crippen molar-refractivity contribution in [3.63, 3.8) is 0 Å². The van der Waals surface area contributed by atoms with Gasteiger partial charge in [0.2, 0.25) is 5.91 Å². The van der Waals surface area contributed by atoms with Gasteiger partial charge < -0.3 is 4.90 Å². The van der Waals surface area contributed by atoms with Gasteiger partial charge in [-0.15, -0.1) is 0 Å². The summed E-state index contributed by atoms with van der Waals surface area (Å²) in [4.78, 5) is 28.2. The fraction of sp³-hybridized carbons (Fsp3) is 0.389. The molecule has 2 heterocycles. The molecule has 3 rings (SSSR count). The van der Waals surface area contributed by atoms with E-state index in [0.717, 1.165) is 11.8 Å². The number of benzene rings is 1. The van der Waals surface area contributed by atoms with Crippen LogP contribution in [0.3, 0.4) is 0 Å². The molecule has 0 N–H and O–H groups in total. The number of sulfone groups is 1. The lowest BCUT2D eigenvalue weighted by molar-refractivity contribution is -0.132. The summed E-state index contributed by atoms with van der Waals surface area (Å²) in [5.74, 6) is -0.878. The lowest BCUT2D eigenvalue weighted by Crippen LogP contribution is -2.40.